The van der Waals surface area contributed by atoms with Gasteiger partial charge in [0.2, 0.25) is 0 Å². The highest BCUT2D eigenvalue weighted by molar-refractivity contribution is 5.84. The number of aliphatic imine (C=N–C) groups is 1. The molecular formula is C15H17NO2. The predicted molar refractivity (Wildman–Crippen MR) is 72.5 cm³/mol. The number of benzene rings is 1. The molecule has 18 heavy (non-hydrogen) atoms. The van der Waals surface area contributed by atoms with E-state index in [9.17, 15) is 4.79 Å². The maximum Gasteiger partial charge on any atom is 0.331 e. The van der Waals surface area contributed by atoms with Crippen molar-refractivity contribution in [2.45, 2.75) is 26.3 Å². The molecule has 0 amide bonds. The quantitative estimate of drug-likeness (QED) is 0.452. The Labute approximate surface area is 108 Å². The lowest BCUT2D eigenvalue weighted by molar-refractivity contribution is -0.144. The van der Waals surface area contributed by atoms with Crippen LogP contribution in [-0.2, 0) is 9.53 Å². The Bertz CT molecular complexity index is 454. The normalized spacial score (nSPS) is 11.7. The predicted octanol–water partition coefficient (Wildman–Crippen LogP) is 2.45. The van der Waals surface area contributed by atoms with Gasteiger partial charge in [0.05, 0.1) is 6.61 Å². The monoisotopic (exact) mass is 243 g/mol. The highest BCUT2D eigenvalue weighted by Crippen LogP contribution is 2.02. The molecule has 0 saturated carbocycles. The zero-order valence-corrected chi connectivity index (χ0v) is 10.7. The number of nitrogens with zero attached hydrogens (tertiary/aromatic N) is 1. The number of hydrogen-bond acceptors (Lipinski definition) is 3. The van der Waals surface area contributed by atoms with Gasteiger partial charge in [0, 0.05) is 12.6 Å². The van der Waals surface area contributed by atoms with Gasteiger partial charge in [-0.25, -0.2) is 4.79 Å². The van der Waals surface area contributed by atoms with Crippen molar-refractivity contribution in [1.82, 2.24) is 0 Å². The first-order chi connectivity index (χ1) is 8.77. The first-order valence-corrected chi connectivity index (χ1v) is 5.92. The smallest absolute Gasteiger partial charge is 0.331 e. The van der Waals surface area contributed by atoms with Crippen LogP contribution in [0.25, 0.3) is 0 Å². The summed E-state index contributed by atoms with van der Waals surface area (Å²) in [6, 6.07) is 9.09. The summed E-state index contributed by atoms with van der Waals surface area (Å²) in [6.07, 6.45) is 2.07. The second kappa shape index (κ2) is 8.08. The molecule has 3 nitrogen and oxygen atoms in total. The van der Waals surface area contributed by atoms with Crippen LogP contribution in [0.15, 0.2) is 35.3 Å². The number of carbonyl (C=O) groups is 1. The van der Waals surface area contributed by atoms with E-state index >= 15 is 0 Å². The molecule has 0 fully saturated rings. The lowest BCUT2D eigenvalue weighted by Crippen LogP contribution is -2.21. The summed E-state index contributed by atoms with van der Waals surface area (Å²) in [4.78, 5) is 15.9. The molecular weight excluding hydrogens is 226 g/mol. The second-order valence-electron chi connectivity index (χ2n) is 3.59. The Balaban J connectivity index is 2.73. The summed E-state index contributed by atoms with van der Waals surface area (Å²) in [5.74, 6) is 5.29. The Kier molecular flexibility index (Phi) is 6.27. The van der Waals surface area contributed by atoms with Gasteiger partial charge >= 0.3 is 5.97 Å². The Hall–Kier alpha value is -2.08. The standard InChI is InChI=1S/C15H17NO2/c1-3-5-11-14(15(17)18-4-2)16-12-13-9-7-6-8-10-13/h6-10,12,14H,4,11H2,1-2H3. The Morgan fingerprint density at radius 2 is 2.17 bits per heavy atom. The van der Waals surface area contributed by atoms with Crippen LogP contribution in [0.2, 0.25) is 0 Å². The van der Waals surface area contributed by atoms with Crippen molar-refractivity contribution < 1.29 is 9.53 Å². The molecule has 0 heterocycles. The third-order valence-electron chi connectivity index (χ3n) is 2.23. The molecule has 0 aliphatic rings. The van der Waals surface area contributed by atoms with E-state index in [4.69, 9.17) is 4.74 Å². The van der Waals surface area contributed by atoms with Gasteiger partial charge in [-0.05, 0) is 19.4 Å². The van der Waals surface area contributed by atoms with Gasteiger partial charge in [-0.1, -0.05) is 30.3 Å². The highest BCUT2D eigenvalue weighted by atomic mass is 16.5. The fourth-order valence-electron chi connectivity index (χ4n) is 1.35. The molecule has 0 saturated heterocycles. The first kappa shape index (κ1) is 14.0. The lowest BCUT2D eigenvalue weighted by atomic mass is 10.2. The molecule has 1 atom stereocenters. The van der Waals surface area contributed by atoms with Crippen molar-refractivity contribution in [2.24, 2.45) is 4.99 Å². The first-order valence-electron chi connectivity index (χ1n) is 5.92. The highest BCUT2D eigenvalue weighted by Gasteiger charge is 2.16. The van der Waals surface area contributed by atoms with Gasteiger partial charge in [0.1, 0.15) is 0 Å². The fourth-order valence-corrected chi connectivity index (χ4v) is 1.35. The van der Waals surface area contributed by atoms with E-state index in [0.29, 0.717) is 13.0 Å². The molecule has 0 aliphatic heterocycles. The average molecular weight is 243 g/mol. The molecule has 3 heteroatoms. The van der Waals surface area contributed by atoms with Crippen molar-refractivity contribution >= 4 is 12.2 Å². The summed E-state index contributed by atoms with van der Waals surface area (Å²) in [5, 5.41) is 0. The average Bonchev–Trinajstić information content (AvgIpc) is 2.40. The second-order valence-corrected chi connectivity index (χ2v) is 3.59. The van der Waals surface area contributed by atoms with Crippen LogP contribution in [0.4, 0.5) is 0 Å². The zero-order valence-electron chi connectivity index (χ0n) is 10.7. The largest absolute Gasteiger partial charge is 0.464 e. The topological polar surface area (TPSA) is 38.7 Å². The molecule has 0 bridgehead atoms. The SMILES string of the molecule is CC#CCC(N=Cc1ccccc1)C(=O)OCC. The van der Waals surface area contributed by atoms with Crippen molar-refractivity contribution in [2.75, 3.05) is 6.61 Å². The van der Waals surface area contributed by atoms with Crippen molar-refractivity contribution in [3.63, 3.8) is 0 Å². The van der Waals surface area contributed by atoms with Crippen molar-refractivity contribution in [3.05, 3.63) is 35.9 Å². The van der Waals surface area contributed by atoms with E-state index in [0.717, 1.165) is 5.56 Å². The van der Waals surface area contributed by atoms with Gasteiger partial charge in [-0.3, -0.25) is 4.99 Å². The van der Waals surface area contributed by atoms with Crippen LogP contribution in [0.1, 0.15) is 25.8 Å². The molecule has 0 aromatic heterocycles. The number of esters is 1. The molecule has 0 radical (unpaired) electrons. The Morgan fingerprint density at radius 3 is 2.78 bits per heavy atom. The van der Waals surface area contributed by atoms with Gasteiger partial charge < -0.3 is 4.74 Å². The van der Waals surface area contributed by atoms with E-state index < -0.39 is 6.04 Å². The molecule has 0 N–H and O–H groups in total. The van der Waals surface area contributed by atoms with Gasteiger partial charge in [-0.15, -0.1) is 11.8 Å². The van der Waals surface area contributed by atoms with Gasteiger partial charge in [0.25, 0.3) is 0 Å². The number of hydrogen-bond donors (Lipinski definition) is 0. The van der Waals surface area contributed by atoms with Crippen LogP contribution in [0.3, 0.4) is 0 Å². The van der Waals surface area contributed by atoms with E-state index in [1.807, 2.05) is 30.3 Å². The summed E-state index contributed by atoms with van der Waals surface area (Å²) in [5.41, 5.74) is 0.955. The summed E-state index contributed by atoms with van der Waals surface area (Å²) in [7, 11) is 0. The zero-order chi connectivity index (χ0) is 13.2. The van der Waals surface area contributed by atoms with Crippen molar-refractivity contribution in [3.8, 4) is 11.8 Å². The number of rotatable bonds is 5. The van der Waals surface area contributed by atoms with E-state index in [1.165, 1.54) is 0 Å². The van der Waals surface area contributed by atoms with Gasteiger partial charge in [-0.2, -0.15) is 0 Å². The Morgan fingerprint density at radius 1 is 1.44 bits per heavy atom. The molecule has 94 valence electrons. The minimum absolute atomic E-state index is 0.326. The molecule has 1 aromatic rings. The van der Waals surface area contributed by atoms with Crippen LogP contribution in [0.5, 0.6) is 0 Å². The molecule has 1 rings (SSSR count). The summed E-state index contributed by atoms with van der Waals surface area (Å²) in [6.45, 7) is 3.88. The molecule has 0 aliphatic carbocycles. The summed E-state index contributed by atoms with van der Waals surface area (Å²) < 4.78 is 4.97. The maximum atomic E-state index is 11.7. The number of ether oxygens (including phenoxy) is 1. The van der Waals surface area contributed by atoms with E-state index in [1.54, 1.807) is 20.1 Å². The maximum absolute atomic E-state index is 11.7. The van der Waals surface area contributed by atoms with Crippen LogP contribution >= 0.6 is 0 Å². The van der Waals surface area contributed by atoms with Gasteiger partial charge in [0.15, 0.2) is 6.04 Å². The fraction of sp³-hybridized carbons (Fsp3) is 0.333. The minimum atomic E-state index is -0.544. The van der Waals surface area contributed by atoms with Crippen molar-refractivity contribution in [1.29, 1.82) is 0 Å². The van der Waals surface area contributed by atoms with Crippen LogP contribution < -0.4 is 0 Å². The van der Waals surface area contributed by atoms with E-state index in [-0.39, 0.29) is 5.97 Å². The molecule has 0 spiro atoms. The molecule has 1 aromatic carbocycles. The molecule has 1 unspecified atom stereocenters. The lowest BCUT2D eigenvalue weighted by Gasteiger charge is -2.07. The number of carbonyl (C=O) groups excluding carboxylic acids is 1. The third kappa shape index (κ3) is 4.84. The van der Waals surface area contributed by atoms with Crippen LogP contribution in [0, 0.1) is 11.8 Å². The summed E-state index contributed by atoms with van der Waals surface area (Å²) >= 11 is 0. The van der Waals surface area contributed by atoms with E-state index in [2.05, 4.69) is 16.8 Å². The minimum Gasteiger partial charge on any atom is -0.464 e. The third-order valence-corrected chi connectivity index (χ3v) is 2.23. The van der Waals surface area contributed by atoms with Crippen LogP contribution in [-0.4, -0.2) is 24.8 Å².